The minimum atomic E-state index is -3.28. The molecular formula is C24H25ClN2O3S2. The Labute approximate surface area is 197 Å². The van der Waals surface area contributed by atoms with E-state index in [1.165, 1.54) is 0 Å². The number of hydrogen-bond donors (Lipinski definition) is 2. The summed E-state index contributed by atoms with van der Waals surface area (Å²) < 4.78 is 24.6. The van der Waals surface area contributed by atoms with Crippen LogP contribution in [0.4, 0.5) is 5.69 Å². The lowest BCUT2D eigenvalue weighted by Crippen LogP contribution is -2.48. The summed E-state index contributed by atoms with van der Waals surface area (Å²) >= 11 is 8.03. The molecule has 32 heavy (non-hydrogen) atoms. The zero-order valence-electron chi connectivity index (χ0n) is 18.0. The summed E-state index contributed by atoms with van der Waals surface area (Å²) in [5, 5.41) is 13.1. The van der Waals surface area contributed by atoms with E-state index in [4.69, 9.17) is 11.6 Å². The first-order valence-corrected chi connectivity index (χ1v) is 13.1. The fraction of sp³-hybridized carbons (Fsp3) is 0.250. The van der Waals surface area contributed by atoms with Gasteiger partial charge in [-0.05, 0) is 61.9 Å². The molecule has 1 unspecified atom stereocenters. The van der Waals surface area contributed by atoms with Gasteiger partial charge in [-0.1, -0.05) is 42.8 Å². The van der Waals surface area contributed by atoms with Crippen LogP contribution in [-0.2, 0) is 9.84 Å². The Balaban J connectivity index is 1.74. The quantitative estimate of drug-likeness (QED) is 0.488. The van der Waals surface area contributed by atoms with Gasteiger partial charge in [0.15, 0.2) is 9.84 Å². The third-order valence-corrected chi connectivity index (χ3v) is 8.61. The van der Waals surface area contributed by atoms with Gasteiger partial charge < -0.3 is 5.11 Å². The van der Waals surface area contributed by atoms with E-state index >= 15 is 0 Å². The highest BCUT2D eigenvalue weighted by molar-refractivity contribution is 7.91. The minimum Gasteiger partial charge on any atom is -0.388 e. The molecule has 5 nitrogen and oxygen atoms in total. The fourth-order valence-electron chi connectivity index (χ4n) is 3.51. The summed E-state index contributed by atoms with van der Waals surface area (Å²) in [4.78, 5) is 2.26. The first-order chi connectivity index (χ1) is 15.1. The Bertz CT molecular complexity index is 1280. The molecule has 4 rings (SSSR count). The molecule has 1 aliphatic rings. The van der Waals surface area contributed by atoms with Crippen LogP contribution in [0.5, 0.6) is 0 Å². The van der Waals surface area contributed by atoms with E-state index in [0.717, 1.165) is 26.7 Å². The smallest absolute Gasteiger partial charge is 0.178 e. The Hall–Kier alpha value is -2.16. The van der Waals surface area contributed by atoms with E-state index in [0.29, 0.717) is 9.92 Å². The molecule has 1 aliphatic heterocycles. The maximum atomic E-state index is 12.3. The number of para-hydroxylation sites is 1. The van der Waals surface area contributed by atoms with Crippen LogP contribution in [0.3, 0.4) is 0 Å². The average molecular weight is 489 g/mol. The van der Waals surface area contributed by atoms with Gasteiger partial charge in [-0.3, -0.25) is 5.01 Å². The molecule has 0 saturated heterocycles. The molecular weight excluding hydrogens is 464 g/mol. The minimum absolute atomic E-state index is 0.0653. The van der Waals surface area contributed by atoms with Crippen molar-refractivity contribution in [3.8, 4) is 10.4 Å². The third kappa shape index (κ3) is 4.49. The van der Waals surface area contributed by atoms with Gasteiger partial charge in [0.1, 0.15) is 0 Å². The number of rotatable bonds is 6. The number of hydrazine groups is 1. The Morgan fingerprint density at radius 1 is 1.09 bits per heavy atom. The molecule has 0 amide bonds. The van der Waals surface area contributed by atoms with Gasteiger partial charge in [-0.15, -0.1) is 11.3 Å². The number of benzene rings is 2. The van der Waals surface area contributed by atoms with Crippen molar-refractivity contribution in [2.75, 3.05) is 10.8 Å². The van der Waals surface area contributed by atoms with E-state index in [1.807, 2.05) is 53.5 Å². The topological polar surface area (TPSA) is 69.6 Å². The van der Waals surface area contributed by atoms with Gasteiger partial charge >= 0.3 is 0 Å². The molecule has 168 valence electrons. The summed E-state index contributed by atoms with van der Waals surface area (Å²) in [6.07, 6.45) is 2.00. The number of hydrogen-bond acceptors (Lipinski definition) is 6. The van der Waals surface area contributed by atoms with Gasteiger partial charge in [0.25, 0.3) is 0 Å². The molecule has 2 N–H and O–H groups in total. The SMILES string of the molecule is CCS(=O)(=O)c1cccc(-c2ccc(C3=CC(C(C)(C)O)NN3c3ccccc3Cl)s2)c1. The molecule has 0 spiro atoms. The number of nitrogens with zero attached hydrogens (tertiary/aromatic N) is 1. The molecule has 1 atom stereocenters. The highest BCUT2D eigenvalue weighted by atomic mass is 35.5. The third-order valence-electron chi connectivity index (χ3n) is 5.40. The molecule has 0 saturated carbocycles. The standard InChI is InChI=1S/C24H25ClN2O3S2/c1-4-32(29,30)17-9-7-8-16(14-17)21-12-13-22(31-21)20-15-23(24(2,3)28)26-27(20)19-11-6-5-10-18(19)25/h5-15,23,26,28H,4H2,1-3H3. The maximum absolute atomic E-state index is 12.3. The first kappa shape index (κ1) is 23.0. The molecule has 3 aromatic rings. The summed E-state index contributed by atoms with van der Waals surface area (Å²) in [7, 11) is -3.28. The normalized spacial score (nSPS) is 17.0. The molecule has 0 fully saturated rings. The van der Waals surface area contributed by atoms with Crippen LogP contribution in [0.1, 0.15) is 25.6 Å². The van der Waals surface area contributed by atoms with Crippen molar-refractivity contribution >= 4 is 44.2 Å². The molecule has 8 heteroatoms. The van der Waals surface area contributed by atoms with Crippen molar-refractivity contribution in [2.24, 2.45) is 0 Å². The number of nitrogens with one attached hydrogen (secondary N) is 1. The van der Waals surface area contributed by atoms with Crippen LogP contribution in [0, 0.1) is 0 Å². The van der Waals surface area contributed by atoms with Crippen molar-refractivity contribution in [2.45, 2.75) is 37.3 Å². The Morgan fingerprint density at radius 2 is 1.81 bits per heavy atom. The zero-order chi connectivity index (χ0) is 23.1. The predicted molar refractivity (Wildman–Crippen MR) is 133 cm³/mol. The van der Waals surface area contributed by atoms with Crippen LogP contribution in [0.2, 0.25) is 5.02 Å². The van der Waals surface area contributed by atoms with E-state index < -0.39 is 15.4 Å². The fourth-order valence-corrected chi connectivity index (χ4v) is 5.67. The zero-order valence-corrected chi connectivity index (χ0v) is 20.4. The van der Waals surface area contributed by atoms with Crippen LogP contribution in [-0.4, -0.2) is 30.9 Å². The highest BCUT2D eigenvalue weighted by Crippen LogP contribution is 2.40. The van der Waals surface area contributed by atoms with Crippen molar-refractivity contribution < 1.29 is 13.5 Å². The summed E-state index contributed by atoms with van der Waals surface area (Å²) in [6, 6.07) is 18.3. The van der Waals surface area contributed by atoms with Crippen molar-refractivity contribution in [1.82, 2.24) is 5.43 Å². The van der Waals surface area contributed by atoms with Crippen molar-refractivity contribution in [3.05, 3.63) is 76.6 Å². The number of anilines is 1. The van der Waals surface area contributed by atoms with Gasteiger partial charge in [0.05, 0.1) is 43.6 Å². The lowest BCUT2D eigenvalue weighted by atomic mass is 9.99. The van der Waals surface area contributed by atoms with E-state index in [9.17, 15) is 13.5 Å². The lowest BCUT2D eigenvalue weighted by Gasteiger charge is -2.29. The highest BCUT2D eigenvalue weighted by Gasteiger charge is 2.35. The largest absolute Gasteiger partial charge is 0.388 e. The van der Waals surface area contributed by atoms with Crippen molar-refractivity contribution in [3.63, 3.8) is 0 Å². The lowest BCUT2D eigenvalue weighted by molar-refractivity contribution is 0.0573. The Kier molecular flexibility index (Phi) is 6.22. The Morgan fingerprint density at radius 3 is 2.50 bits per heavy atom. The average Bonchev–Trinajstić information content (AvgIpc) is 3.41. The number of aliphatic hydroxyl groups is 1. The number of halogens is 1. The van der Waals surface area contributed by atoms with Crippen molar-refractivity contribution in [1.29, 1.82) is 0 Å². The molecule has 2 heterocycles. The summed E-state index contributed by atoms with van der Waals surface area (Å²) in [5.41, 5.74) is 4.90. The van der Waals surface area contributed by atoms with Gasteiger partial charge in [0.2, 0.25) is 0 Å². The monoisotopic (exact) mass is 488 g/mol. The maximum Gasteiger partial charge on any atom is 0.178 e. The summed E-state index contributed by atoms with van der Waals surface area (Å²) in [5.74, 6) is 0.0653. The molecule has 1 aromatic heterocycles. The van der Waals surface area contributed by atoms with Crippen LogP contribution in [0.15, 0.2) is 71.6 Å². The van der Waals surface area contributed by atoms with Crippen LogP contribution in [0.25, 0.3) is 16.1 Å². The second kappa shape index (κ2) is 8.65. The van der Waals surface area contributed by atoms with E-state index in [2.05, 4.69) is 5.43 Å². The summed E-state index contributed by atoms with van der Waals surface area (Å²) in [6.45, 7) is 5.16. The number of sulfone groups is 1. The van der Waals surface area contributed by atoms with Gasteiger partial charge in [-0.25, -0.2) is 13.8 Å². The van der Waals surface area contributed by atoms with Crippen LogP contribution < -0.4 is 10.4 Å². The molecule has 2 aromatic carbocycles. The van der Waals surface area contributed by atoms with Gasteiger partial charge in [-0.2, -0.15) is 0 Å². The molecule has 0 radical (unpaired) electrons. The second-order valence-corrected chi connectivity index (χ2v) is 12.0. The van der Waals surface area contributed by atoms with Gasteiger partial charge in [0, 0.05) is 4.88 Å². The van der Waals surface area contributed by atoms with Crippen LogP contribution >= 0.6 is 22.9 Å². The van der Waals surface area contributed by atoms with E-state index in [-0.39, 0.29) is 11.8 Å². The first-order valence-electron chi connectivity index (χ1n) is 10.3. The predicted octanol–water partition coefficient (Wildman–Crippen LogP) is 5.37. The molecule has 0 bridgehead atoms. The molecule has 0 aliphatic carbocycles. The second-order valence-electron chi connectivity index (χ2n) is 8.19. The number of thiophene rings is 1. The van der Waals surface area contributed by atoms with E-state index in [1.54, 1.807) is 50.3 Å².